The number of carbonyl (C=O) groups excluding carboxylic acids is 1. The lowest BCUT2D eigenvalue weighted by molar-refractivity contribution is -0.145. The zero-order valence-corrected chi connectivity index (χ0v) is 12.5. The van der Waals surface area contributed by atoms with Gasteiger partial charge >= 0.3 is 0 Å². The molecule has 1 N–H and O–H groups in total. The molecular formula is C11H11Cl2NO5S. The summed E-state index contributed by atoms with van der Waals surface area (Å²) >= 11 is 11.6. The summed E-state index contributed by atoms with van der Waals surface area (Å²) in [5.41, 5.74) is 0. The highest BCUT2D eigenvalue weighted by molar-refractivity contribution is 7.90. The molecule has 0 spiro atoms. The monoisotopic (exact) mass is 339 g/mol. The molecule has 1 aromatic rings. The molecule has 1 amide bonds. The molecule has 2 rings (SSSR count). The second kappa shape index (κ2) is 6.28. The van der Waals surface area contributed by atoms with E-state index in [2.05, 4.69) is 0 Å². The Kier molecular flexibility index (Phi) is 4.87. The molecule has 1 saturated heterocycles. The molecule has 9 heteroatoms. The van der Waals surface area contributed by atoms with E-state index < -0.39 is 22.0 Å². The maximum absolute atomic E-state index is 12.1. The van der Waals surface area contributed by atoms with Crippen LogP contribution in [0.5, 0.6) is 0 Å². The average molecular weight is 340 g/mol. The lowest BCUT2D eigenvalue weighted by Gasteiger charge is -2.22. The van der Waals surface area contributed by atoms with Gasteiger partial charge in [-0.2, -0.15) is 0 Å². The Bertz CT molecular complexity index is 593. The number of rotatable bonds is 3. The van der Waals surface area contributed by atoms with Gasteiger partial charge in [0.25, 0.3) is 15.9 Å². The molecule has 20 heavy (non-hydrogen) atoms. The number of hydrogen-bond donors (Lipinski definition) is 1. The van der Waals surface area contributed by atoms with Gasteiger partial charge in [0.05, 0.1) is 29.9 Å². The smallest absolute Gasteiger partial charge is 0.267 e. The van der Waals surface area contributed by atoms with Gasteiger partial charge in [0.2, 0.25) is 0 Å². The van der Waals surface area contributed by atoms with Crippen LogP contribution in [0, 0.1) is 0 Å². The summed E-state index contributed by atoms with van der Waals surface area (Å²) in [7, 11) is -4.17. The standard InChI is InChI=1S/C11H11Cl2NO5S/c12-7-2-1-3-8(13)10(7)20(16,17)14-11(15)9-6-18-4-5-19-9/h1-3,9H,4-6H2,(H,14,15). The van der Waals surface area contributed by atoms with Gasteiger partial charge in [-0.1, -0.05) is 29.3 Å². The van der Waals surface area contributed by atoms with Crippen molar-refractivity contribution in [2.45, 2.75) is 11.0 Å². The predicted octanol–water partition coefficient (Wildman–Crippen LogP) is 1.21. The molecule has 1 unspecified atom stereocenters. The first-order valence-electron chi connectivity index (χ1n) is 5.62. The van der Waals surface area contributed by atoms with E-state index in [9.17, 15) is 13.2 Å². The minimum atomic E-state index is -4.17. The number of carbonyl (C=O) groups is 1. The largest absolute Gasteiger partial charge is 0.376 e. The first kappa shape index (κ1) is 15.5. The summed E-state index contributed by atoms with van der Waals surface area (Å²) in [6.45, 7) is 0.593. The number of benzene rings is 1. The molecule has 1 aromatic carbocycles. The fourth-order valence-electron chi connectivity index (χ4n) is 1.63. The third kappa shape index (κ3) is 3.42. The van der Waals surface area contributed by atoms with E-state index >= 15 is 0 Å². The molecule has 1 atom stereocenters. The molecule has 0 aliphatic carbocycles. The van der Waals surface area contributed by atoms with Crippen molar-refractivity contribution in [3.05, 3.63) is 28.2 Å². The van der Waals surface area contributed by atoms with E-state index in [1.165, 1.54) is 18.2 Å². The fourth-order valence-corrected chi connectivity index (χ4v) is 3.78. The highest BCUT2D eigenvalue weighted by Crippen LogP contribution is 2.28. The normalized spacial score (nSPS) is 19.6. The van der Waals surface area contributed by atoms with Gasteiger partial charge in [0.15, 0.2) is 6.10 Å². The molecule has 1 aliphatic heterocycles. The summed E-state index contributed by atoms with van der Waals surface area (Å²) < 4.78 is 36.3. The second-order valence-electron chi connectivity index (χ2n) is 3.95. The molecule has 0 saturated carbocycles. The van der Waals surface area contributed by atoms with Crippen LogP contribution in [-0.4, -0.2) is 40.2 Å². The fraction of sp³-hybridized carbons (Fsp3) is 0.364. The topological polar surface area (TPSA) is 81.7 Å². The SMILES string of the molecule is O=C(NS(=O)(=O)c1c(Cl)cccc1Cl)C1COCCO1. The van der Waals surface area contributed by atoms with Gasteiger partial charge in [-0.3, -0.25) is 4.79 Å². The maximum Gasteiger partial charge on any atom is 0.267 e. The quantitative estimate of drug-likeness (QED) is 0.895. The third-order valence-corrected chi connectivity index (χ3v) is 4.83. The Morgan fingerprint density at radius 2 is 1.90 bits per heavy atom. The van der Waals surface area contributed by atoms with Crippen LogP contribution in [-0.2, 0) is 24.3 Å². The van der Waals surface area contributed by atoms with Crippen molar-refractivity contribution in [1.29, 1.82) is 0 Å². The third-order valence-electron chi connectivity index (χ3n) is 2.53. The summed E-state index contributed by atoms with van der Waals surface area (Å²) in [6, 6.07) is 4.24. The van der Waals surface area contributed by atoms with E-state index in [4.69, 9.17) is 32.7 Å². The van der Waals surface area contributed by atoms with Gasteiger partial charge in [-0.25, -0.2) is 13.1 Å². The molecule has 0 bridgehead atoms. The van der Waals surface area contributed by atoms with Crippen LogP contribution in [0.2, 0.25) is 10.0 Å². The van der Waals surface area contributed by atoms with E-state index in [-0.39, 0.29) is 28.2 Å². The number of sulfonamides is 1. The van der Waals surface area contributed by atoms with Crippen molar-refractivity contribution >= 4 is 39.1 Å². The van der Waals surface area contributed by atoms with Crippen molar-refractivity contribution in [2.75, 3.05) is 19.8 Å². The molecule has 110 valence electrons. The van der Waals surface area contributed by atoms with Gasteiger partial charge in [-0.05, 0) is 12.1 Å². The van der Waals surface area contributed by atoms with E-state index in [1.54, 1.807) is 0 Å². The molecule has 1 heterocycles. The molecular weight excluding hydrogens is 329 g/mol. The summed E-state index contributed by atoms with van der Waals surface area (Å²) in [6.07, 6.45) is -0.972. The van der Waals surface area contributed by atoms with E-state index in [0.29, 0.717) is 6.61 Å². The Morgan fingerprint density at radius 3 is 2.45 bits per heavy atom. The zero-order chi connectivity index (χ0) is 14.8. The van der Waals surface area contributed by atoms with Gasteiger partial charge in [0, 0.05) is 0 Å². The number of halogens is 2. The van der Waals surface area contributed by atoms with Gasteiger partial charge < -0.3 is 9.47 Å². The Morgan fingerprint density at radius 1 is 1.25 bits per heavy atom. The van der Waals surface area contributed by atoms with E-state index in [0.717, 1.165) is 0 Å². The molecule has 1 fully saturated rings. The summed E-state index contributed by atoms with van der Waals surface area (Å²) in [5.74, 6) is -0.819. The van der Waals surface area contributed by atoms with Gasteiger partial charge in [-0.15, -0.1) is 0 Å². The molecule has 0 aromatic heterocycles. The number of nitrogens with one attached hydrogen (secondary N) is 1. The molecule has 1 aliphatic rings. The molecule has 6 nitrogen and oxygen atoms in total. The highest BCUT2D eigenvalue weighted by Gasteiger charge is 2.29. The summed E-state index contributed by atoms with van der Waals surface area (Å²) in [4.78, 5) is 11.5. The maximum atomic E-state index is 12.1. The minimum absolute atomic E-state index is 0.00237. The Hall–Kier alpha value is -0.860. The van der Waals surface area contributed by atoms with Crippen molar-refractivity contribution in [2.24, 2.45) is 0 Å². The minimum Gasteiger partial charge on any atom is -0.376 e. The number of amides is 1. The zero-order valence-electron chi connectivity index (χ0n) is 10.1. The van der Waals surface area contributed by atoms with Crippen molar-refractivity contribution in [3.63, 3.8) is 0 Å². The first-order valence-corrected chi connectivity index (χ1v) is 7.86. The van der Waals surface area contributed by atoms with Crippen LogP contribution in [0.25, 0.3) is 0 Å². The van der Waals surface area contributed by atoms with Crippen LogP contribution in [0.3, 0.4) is 0 Å². The predicted molar refractivity (Wildman–Crippen MR) is 72.3 cm³/mol. The molecule has 0 radical (unpaired) electrons. The number of hydrogen-bond acceptors (Lipinski definition) is 5. The lowest BCUT2D eigenvalue weighted by atomic mass is 10.3. The average Bonchev–Trinajstić information content (AvgIpc) is 2.38. The van der Waals surface area contributed by atoms with Crippen molar-refractivity contribution in [1.82, 2.24) is 4.72 Å². The first-order chi connectivity index (χ1) is 9.42. The van der Waals surface area contributed by atoms with Gasteiger partial charge in [0.1, 0.15) is 4.90 Å². The van der Waals surface area contributed by atoms with Crippen molar-refractivity contribution < 1.29 is 22.7 Å². The second-order valence-corrected chi connectivity index (χ2v) is 6.39. The van der Waals surface area contributed by atoms with Crippen LogP contribution < -0.4 is 4.72 Å². The highest BCUT2D eigenvalue weighted by atomic mass is 35.5. The van der Waals surface area contributed by atoms with Crippen molar-refractivity contribution in [3.8, 4) is 0 Å². The summed E-state index contributed by atoms with van der Waals surface area (Å²) in [5, 5.41) is -0.141. The van der Waals surface area contributed by atoms with Crippen LogP contribution in [0.15, 0.2) is 23.1 Å². The van der Waals surface area contributed by atoms with Crippen LogP contribution in [0.1, 0.15) is 0 Å². The number of ether oxygens (including phenoxy) is 2. The van der Waals surface area contributed by atoms with Crippen LogP contribution >= 0.6 is 23.2 Å². The lowest BCUT2D eigenvalue weighted by Crippen LogP contribution is -2.45. The van der Waals surface area contributed by atoms with Crippen LogP contribution in [0.4, 0.5) is 0 Å². The Labute approximate surface area is 126 Å². The Balaban J connectivity index is 2.21. The van der Waals surface area contributed by atoms with E-state index in [1.807, 2.05) is 4.72 Å².